The monoisotopic (exact) mass is 287 g/mol. The van der Waals surface area contributed by atoms with E-state index in [1.165, 1.54) is 6.07 Å². The molecule has 1 aromatic heterocycles. The number of carbonyl (C=O) groups excluding carboxylic acids is 2. The first-order valence-corrected chi connectivity index (χ1v) is 7.14. The molecule has 1 N–H and O–H groups in total. The summed E-state index contributed by atoms with van der Waals surface area (Å²) in [5.41, 5.74) is 1.35. The Bertz CT molecular complexity index is 625. The van der Waals surface area contributed by atoms with Crippen molar-refractivity contribution in [2.75, 3.05) is 13.2 Å². The molecule has 21 heavy (non-hydrogen) atoms. The number of hydrogen-bond acceptors (Lipinski definition) is 4. The zero-order chi connectivity index (χ0) is 15.0. The van der Waals surface area contributed by atoms with Crippen LogP contribution in [0.3, 0.4) is 0 Å². The van der Waals surface area contributed by atoms with Gasteiger partial charge in [-0.15, -0.1) is 0 Å². The predicted octanol–water partition coefficient (Wildman–Crippen LogP) is 1.36. The average molecular weight is 287 g/mol. The van der Waals surface area contributed by atoms with Crippen molar-refractivity contribution in [3.05, 3.63) is 23.0 Å². The summed E-state index contributed by atoms with van der Waals surface area (Å²) in [6, 6.07) is 3.87. The molecule has 1 aliphatic heterocycles. The zero-order valence-corrected chi connectivity index (χ0v) is 11.9. The minimum absolute atomic E-state index is 0.0803. The standard InChI is InChI=1S/C15H17N3O3/c1-9-13(5-11(6-16)17-9)15(20)21-8-10-4-14(19)18(7-10)12-2-3-12/h5,10,12,17H,2-4,7-8H2,1H3. The number of amides is 1. The third-order valence-electron chi connectivity index (χ3n) is 4.03. The number of aromatic amines is 1. The number of hydrogen-bond donors (Lipinski definition) is 1. The van der Waals surface area contributed by atoms with E-state index in [9.17, 15) is 9.59 Å². The molecule has 2 fully saturated rings. The van der Waals surface area contributed by atoms with E-state index < -0.39 is 5.97 Å². The summed E-state index contributed by atoms with van der Waals surface area (Å²) in [6.07, 6.45) is 2.65. The Labute approximate surface area is 122 Å². The van der Waals surface area contributed by atoms with Gasteiger partial charge in [0.1, 0.15) is 11.8 Å². The number of aryl methyl sites for hydroxylation is 1. The van der Waals surface area contributed by atoms with E-state index in [-0.39, 0.29) is 18.4 Å². The van der Waals surface area contributed by atoms with Crippen molar-refractivity contribution in [2.24, 2.45) is 5.92 Å². The maximum absolute atomic E-state index is 12.0. The normalized spacial score (nSPS) is 21.4. The van der Waals surface area contributed by atoms with Crippen LogP contribution in [0.4, 0.5) is 0 Å². The molecule has 3 rings (SSSR count). The van der Waals surface area contributed by atoms with E-state index in [2.05, 4.69) is 4.98 Å². The number of rotatable bonds is 4. The van der Waals surface area contributed by atoms with Crippen LogP contribution < -0.4 is 0 Å². The first-order valence-electron chi connectivity index (χ1n) is 7.14. The van der Waals surface area contributed by atoms with Crippen LogP contribution in [0.25, 0.3) is 0 Å². The second-order valence-electron chi connectivity index (χ2n) is 5.78. The summed E-state index contributed by atoms with van der Waals surface area (Å²) >= 11 is 0. The maximum Gasteiger partial charge on any atom is 0.340 e. The van der Waals surface area contributed by atoms with Crippen molar-refractivity contribution >= 4 is 11.9 Å². The number of nitrogens with zero attached hydrogens (tertiary/aromatic N) is 2. The van der Waals surface area contributed by atoms with Gasteiger partial charge in [0.05, 0.1) is 12.2 Å². The third kappa shape index (κ3) is 2.77. The van der Waals surface area contributed by atoms with E-state index >= 15 is 0 Å². The van der Waals surface area contributed by atoms with E-state index in [1.54, 1.807) is 6.92 Å². The molecule has 0 aromatic carbocycles. The highest BCUT2D eigenvalue weighted by atomic mass is 16.5. The number of likely N-dealkylation sites (tertiary alicyclic amines) is 1. The van der Waals surface area contributed by atoms with Gasteiger partial charge in [-0.3, -0.25) is 4.79 Å². The number of carbonyl (C=O) groups is 2. The lowest BCUT2D eigenvalue weighted by Gasteiger charge is -2.15. The highest BCUT2D eigenvalue weighted by Gasteiger charge is 2.39. The molecule has 1 saturated carbocycles. The van der Waals surface area contributed by atoms with Crippen LogP contribution in [0.5, 0.6) is 0 Å². The van der Waals surface area contributed by atoms with Gasteiger partial charge in [-0.1, -0.05) is 0 Å². The van der Waals surface area contributed by atoms with Crippen molar-refractivity contribution in [3.8, 4) is 6.07 Å². The van der Waals surface area contributed by atoms with Crippen molar-refractivity contribution in [1.29, 1.82) is 5.26 Å². The fourth-order valence-electron chi connectivity index (χ4n) is 2.76. The Hall–Kier alpha value is -2.29. The molecule has 0 bridgehead atoms. The largest absolute Gasteiger partial charge is 0.462 e. The minimum Gasteiger partial charge on any atom is -0.462 e. The van der Waals surface area contributed by atoms with Crippen LogP contribution in [-0.2, 0) is 9.53 Å². The van der Waals surface area contributed by atoms with Crippen LogP contribution in [-0.4, -0.2) is 41.0 Å². The number of nitrogens with one attached hydrogen (secondary N) is 1. The fourth-order valence-corrected chi connectivity index (χ4v) is 2.76. The van der Waals surface area contributed by atoms with E-state index in [4.69, 9.17) is 10.00 Å². The van der Waals surface area contributed by atoms with Crippen LogP contribution in [0.2, 0.25) is 0 Å². The molecule has 2 heterocycles. The van der Waals surface area contributed by atoms with Gasteiger partial charge in [0.15, 0.2) is 0 Å². The molecular formula is C15H17N3O3. The first kappa shape index (κ1) is 13.7. The average Bonchev–Trinajstić information content (AvgIpc) is 3.13. The Morgan fingerprint density at radius 2 is 2.33 bits per heavy atom. The lowest BCUT2D eigenvalue weighted by molar-refractivity contribution is -0.128. The lowest BCUT2D eigenvalue weighted by atomic mass is 10.1. The van der Waals surface area contributed by atoms with E-state index in [0.717, 1.165) is 12.8 Å². The van der Waals surface area contributed by atoms with Crippen LogP contribution in [0.15, 0.2) is 6.07 Å². The molecule has 110 valence electrons. The van der Waals surface area contributed by atoms with Crippen molar-refractivity contribution < 1.29 is 14.3 Å². The Kier molecular flexibility index (Phi) is 3.42. The van der Waals surface area contributed by atoms with E-state index in [1.807, 2.05) is 11.0 Å². The smallest absolute Gasteiger partial charge is 0.340 e. The van der Waals surface area contributed by atoms with Gasteiger partial charge in [-0.05, 0) is 25.8 Å². The van der Waals surface area contributed by atoms with E-state index in [0.29, 0.717) is 36.0 Å². The van der Waals surface area contributed by atoms with Gasteiger partial charge in [-0.25, -0.2) is 4.79 Å². The molecule has 6 nitrogen and oxygen atoms in total. The van der Waals surface area contributed by atoms with Crippen molar-refractivity contribution in [2.45, 2.75) is 32.2 Å². The number of aromatic nitrogens is 1. The summed E-state index contributed by atoms with van der Waals surface area (Å²) in [5.74, 6) is -0.192. The molecule has 1 amide bonds. The van der Waals surface area contributed by atoms with Gasteiger partial charge in [0.25, 0.3) is 0 Å². The van der Waals surface area contributed by atoms with Crippen LogP contribution >= 0.6 is 0 Å². The molecule has 1 atom stereocenters. The van der Waals surface area contributed by atoms with Gasteiger partial charge in [0, 0.05) is 30.6 Å². The molecule has 2 aliphatic rings. The topological polar surface area (TPSA) is 86.2 Å². The van der Waals surface area contributed by atoms with Gasteiger partial charge in [-0.2, -0.15) is 5.26 Å². The molecular weight excluding hydrogens is 270 g/mol. The highest BCUT2D eigenvalue weighted by Crippen LogP contribution is 2.32. The van der Waals surface area contributed by atoms with Crippen LogP contribution in [0, 0.1) is 24.2 Å². The fraction of sp³-hybridized carbons (Fsp3) is 0.533. The molecule has 0 radical (unpaired) electrons. The second-order valence-corrected chi connectivity index (χ2v) is 5.78. The summed E-state index contributed by atoms with van der Waals surface area (Å²) in [4.78, 5) is 28.6. The lowest BCUT2D eigenvalue weighted by Crippen LogP contribution is -2.27. The second kappa shape index (κ2) is 5.24. The minimum atomic E-state index is -0.442. The number of ether oxygens (including phenoxy) is 1. The van der Waals surface area contributed by atoms with Gasteiger partial charge < -0.3 is 14.6 Å². The van der Waals surface area contributed by atoms with Crippen LogP contribution in [0.1, 0.15) is 41.0 Å². The van der Waals surface area contributed by atoms with Gasteiger partial charge >= 0.3 is 5.97 Å². The molecule has 0 spiro atoms. The Morgan fingerprint density at radius 3 is 2.95 bits per heavy atom. The maximum atomic E-state index is 12.0. The van der Waals surface area contributed by atoms with Gasteiger partial charge in [0.2, 0.25) is 5.91 Å². The molecule has 1 aliphatic carbocycles. The van der Waals surface area contributed by atoms with Crippen molar-refractivity contribution in [1.82, 2.24) is 9.88 Å². The SMILES string of the molecule is Cc1[nH]c(C#N)cc1C(=O)OCC1CC(=O)N(C2CC2)C1. The quantitative estimate of drug-likeness (QED) is 0.847. The Balaban J connectivity index is 1.55. The number of esters is 1. The molecule has 1 aromatic rings. The predicted molar refractivity (Wildman–Crippen MR) is 73.4 cm³/mol. The molecule has 6 heteroatoms. The third-order valence-corrected chi connectivity index (χ3v) is 4.03. The zero-order valence-electron chi connectivity index (χ0n) is 11.9. The number of nitriles is 1. The molecule has 1 saturated heterocycles. The first-order chi connectivity index (χ1) is 10.1. The number of H-pyrrole nitrogens is 1. The summed E-state index contributed by atoms with van der Waals surface area (Å²) < 4.78 is 5.30. The summed E-state index contributed by atoms with van der Waals surface area (Å²) in [6.45, 7) is 2.66. The summed E-state index contributed by atoms with van der Waals surface area (Å²) in [5, 5.41) is 8.80. The van der Waals surface area contributed by atoms with Crippen molar-refractivity contribution in [3.63, 3.8) is 0 Å². The summed E-state index contributed by atoms with van der Waals surface area (Å²) in [7, 11) is 0. The molecule has 1 unspecified atom stereocenters. The Morgan fingerprint density at radius 1 is 1.57 bits per heavy atom. The highest BCUT2D eigenvalue weighted by molar-refractivity contribution is 5.91.